The fraction of sp³-hybridized carbons (Fsp3) is 0.448. The number of carboxylic acid groups (broad SMARTS) is 1. The predicted octanol–water partition coefficient (Wildman–Crippen LogP) is 2.43. The summed E-state index contributed by atoms with van der Waals surface area (Å²) in [6, 6.07) is 12.1. The summed E-state index contributed by atoms with van der Waals surface area (Å²) in [4.78, 5) is 42.1. The number of aryl methyl sites for hydroxylation is 1. The van der Waals surface area contributed by atoms with E-state index < -0.39 is 18.2 Å². The van der Waals surface area contributed by atoms with Crippen LogP contribution in [0.3, 0.4) is 0 Å². The van der Waals surface area contributed by atoms with Gasteiger partial charge in [-0.05, 0) is 55.0 Å². The molecule has 3 unspecified atom stereocenters. The van der Waals surface area contributed by atoms with Crippen molar-refractivity contribution in [3.05, 3.63) is 75.2 Å². The lowest BCUT2D eigenvalue weighted by Crippen LogP contribution is -2.52. The second-order valence-electron chi connectivity index (χ2n) is 10.7. The number of aliphatic hydroxyl groups is 1. The molecule has 2 aromatic carbocycles. The van der Waals surface area contributed by atoms with Gasteiger partial charge in [0.25, 0.3) is 11.5 Å². The van der Waals surface area contributed by atoms with E-state index in [2.05, 4.69) is 5.10 Å². The highest BCUT2D eigenvalue weighted by molar-refractivity contribution is 5.99. The van der Waals surface area contributed by atoms with Gasteiger partial charge in [-0.3, -0.25) is 14.5 Å². The Morgan fingerprint density at radius 2 is 1.79 bits per heavy atom. The summed E-state index contributed by atoms with van der Waals surface area (Å²) in [7, 11) is 0. The number of benzene rings is 2. The number of aromatic nitrogens is 2. The molecule has 10 nitrogen and oxygen atoms in total. The highest BCUT2D eigenvalue weighted by Gasteiger charge is 2.41. The second-order valence-corrected chi connectivity index (χ2v) is 10.7. The lowest BCUT2D eigenvalue weighted by molar-refractivity contribution is -0.00715. The number of carbonyl (C=O) groups is 2. The van der Waals surface area contributed by atoms with Crippen molar-refractivity contribution in [2.24, 2.45) is 0 Å². The topological polar surface area (TPSA) is 125 Å². The molecule has 6 rings (SSSR count). The molecule has 2 N–H and O–H groups in total. The highest BCUT2D eigenvalue weighted by atomic mass is 16.5. The Hall–Kier alpha value is -3.76. The molecule has 204 valence electrons. The number of nitrogens with zero attached hydrogens (tertiary/aromatic N) is 4. The van der Waals surface area contributed by atoms with E-state index in [1.165, 1.54) is 9.58 Å². The van der Waals surface area contributed by atoms with Gasteiger partial charge in [-0.15, -0.1) is 0 Å². The predicted molar refractivity (Wildman–Crippen MR) is 143 cm³/mol. The standard InChI is InChI=1S/C29H32N4O6/c1-2-24-23-11-18(27(35)33-20-8-9-21(33)16-39-15-20)7-10-22(23)28(36)32(30-24)14-26(34)25-12-17-5-3-4-6-19(17)13-31(25)29(37)38/h3-7,10-11,20-21,25-26,34H,2,8-9,12-16H2,1H3,(H,37,38)/t20?,21?,25-,26?/m0/s1. The summed E-state index contributed by atoms with van der Waals surface area (Å²) >= 11 is 0. The van der Waals surface area contributed by atoms with Gasteiger partial charge in [0.1, 0.15) is 0 Å². The molecule has 2 amide bonds. The molecule has 0 spiro atoms. The second kappa shape index (κ2) is 10.1. The largest absolute Gasteiger partial charge is 0.465 e. The first-order valence-corrected chi connectivity index (χ1v) is 13.5. The Balaban J connectivity index is 1.30. The first-order valence-electron chi connectivity index (χ1n) is 13.5. The molecule has 3 aliphatic rings. The van der Waals surface area contributed by atoms with Gasteiger partial charge in [-0.25, -0.2) is 9.48 Å². The summed E-state index contributed by atoms with van der Waals surface area (Å²) in [5.74, 6) is -0.0549. The van der Waals surface area contributed by atoms with Crippen molar-refractivity contribution in [3.8, 4) is 0 Å². The Kier molecular flexibility index (Phi) is 6.60. The van der Waals surface area contributed by atoms with Gasteiger partial charge < -0.3 is 19.8 Å². The molecule has 3 aromatic rings. The maximum absolute atomic E-state index is 13.5. The number of fused-ring (bicyclic) bond motifs is 4. The van der Waals surface area contributed by atoms with Crippen LogP contribution >= 0.6 is 0 Å². The Morgan fingerprint density at radius 1 is 1.08 bits per heavy atom. The molecule has 2 saturated heterocycles. The lowest BCUT2D eigenvalue weighted by Gasteiger charge is -2.37. The third-order valence-electron chi connectivity index (χ3n) is 8.43. The van der Waals surface area contributed by atoms with Gasteiger partial charge in [0.05, 0.1) is 55.1 Å². The number of hydrogen-bond donors (Lipinski definition) is 2. The fourth-order valence-electron chi connectivity index (χ4n) is 6.38. The van der Waals surface area contributed by atoms with Crippen molar-refractivity contribution in [3.63, 3.8) is 0 Å². The average molecular weight is 533 g/mol. The van der Waals surface area contributed by atoms with Crippen LogP contribution in [-0.4, -0.2) is 79.2 Å². The number of carbonyl (C=O) groups excluding carboxylic acids is 1. The van der Waals surface area contributed by atoms with Gasteiger partial charge in [0, 0.05) is 17.5 Å². The number of rotatable bonds is 5. The zero-order valence-electron chi connectivity index (χ0n) is 21.8. The molecule has 0 aliphatic carbocycles. The first kappa shape index (κ1) is 25.5. The van der Waals surface area contributed by atoms with E-state index in [1.54, 1.807) is 18.2 Å². The molecule has 4 heterocycles. The van der Waals surface area contributed by atoms with Crippen molar-refractivity contribution in [2.75, 3.05) is 13.2 Å². The third kappa shape index (κ3) is 4.47. The molecule has 10 heteroatoms. The van der Waals surface area contributed by atoms with Crippen LogP contribution in [0.2, 0.25) is 0 Å². The minimum absolute atomic E-state index is 0.0549. The molecular weight excluding hydrogens is 500 g/mol. The van der Waals surface area contributed by atoms with E-state index in [0.717, 1.165) is 24.0 Å². The van der Waals surface area contributed by atoms with Crippen LogP contribution in [0.1, 0.15) is 46.9 Å². The van der Waals surface area contributed by atoms with Crippen LogP contribution in [0.25, 0.3) is 10.8 Å². The molecule has 2 bridgehead atoms. The minimum Gasteiger partial charge on any atom is -0.465 e. The number of hydrogen-bond acceptors (Lipinski definition) is 6. The van der Waals surface area contributed by atoms with E-state index in [4.69, 9.17) is 4.74 Å². The third-order valence-corrected chi connectivity index (χ3v) is 8.43. The van der Waals surface area contributed by atoms with Gasteiger partial charge in [-0.1, -0.05) is 31.2 Å². The Bertz CT molecular complexity index is 1490. The summed E-state index contributed by atoms with van der Waals surface area (Å²) in [6.45, 7) is 3.06. The monoisotopic (exact) mass is 532 g/mol. The van der Waals surface area contributed by atoms with Crippen molar-refractivity contribution in [1.29, 1.82) is 0 Å². The van der Waals surface area contributed by atoms with Crippen LogP contribution in [0, 0.1) is 0 Å². The minimum atomic E-state index is -1.14. The number of aliphatic hydroxyl groups excluding tert-OH is 1. The smallest absolute Gasteiger partial charge is 0.407 e. The number of amides is 2. The zero-order valence-corrected chi connectivity index (χ0v) is 21.8. The van der Waals surface area contributed by atoms with E-state index in [1.807, 2.05) is 36.1 Å². The van der Waals surface area contributed by atoms with Crippen LogP contribution in [-0.2, 0) is 30.7 Å². The highest BCUT2D eigenvalue weighted by Crippen LogP contribution is 2.31. The van der Waals surface area contributed by atoms with Crippen LogP contribution in [0.4, 0.5) is 4.79 Å². The SMILES string of the molecule is CCc1nn(CC(O)[C@@H]2Cc3ccccc3CN2C(=O)O)c(=O)c2ccc(C(=O)N3C4CCC3COC4)cc12. The van der Waals surface area contributed by atoms with E-state index in [-0.39, 0.29) is 36.6 Å². The summed E-state index contributed by atoms with van der Waals surface area (Å²) < 4.78 is 6.85. The maximum Gasteiger partial charge on any atom is 0.407 e. The molecule has 3 aliphatic heterocycles. The average Bonchev–Trinajstić information content (AvgIpc) is 3.20. The number of morpholine rings is 1. The fourth-order valence-corrected chi connectivity index (χ4v) is 6.38. The van der Waals surface area contributed by atoms with Gasteiger partial charge in [0.15, 0.2) is 0 Å². The number of ether oxygens (including phenoxy) is 1. The van der Waals surface area contributed by atoms with Gasteiger partial charge in [-0.2, -0.15) is 5.10 Å². The summed E-state index contributed by atoms with van der Waals surface area (Å²) in [5.41, 5.74) is 2.67. The quantitative estimate of drug-likeness (QED) is 0.517. The molecule has 2 fully saturated rings. The molecular formula is C29H32N4O6. The van der Waals surface area contributed by atoms with Crippen molar-refractivity contribution < 1.29 is 24.5 Å². The molecule has 0 radical (unpaired) electrons. The van der Waals surface area contributed by atoms with Crippen LogP contribution in [0.15, 0.2) is 47.3 Å². The lowest BCUT2D eigenvalue weighted by atomic mass is 9.91. The molecule has 1 aromatic heterocycles. The molecule has 0 saturated carbocycles. The Morgan fingerprint density at radius 3 is 2.49 bits per heavy atom. The van der Waals surface area contributed by atoms with Crippen molar-refractivity contribution in [1.82, 2.24) is 19.6 Å². The van der Waals surface area contributed by atoms with Crippen molar-refractivity contribution >= 4 is 22.8 Å². The normalized spacial score (nSPS) is 23.1. The first-order chi connectivity index (χ1) is 18.9. The van der Waals surface area contributed by atoms with E-state index in [9.17, 15) is 24.6 Å². The Labute approximate surface area is 225 Å². The van der Waals surface area contributed by atoms with E-state index in [0.29, 0.717) is 48.1 Å². The van der Waals surface area contributed by atoms with Crippen LogP contribution in [0.5, 0.6) is 0 Å². The molecule has 39 heavy (non-hydrogen) atoms. The van der Waals surface area contributed by atoms with E-state index >= 15 is 0 Å². The summed E-state index contributed by atoms with van der Waals surface area (Å²) in [6.07, 6.45) is 0.481. The zero-order chi connectivity index (χ0) is 27.3. The van der Waals surface area contributed by atoms with Crippen molar-refractivity contribution in [2.45, 2.75) is 69.9 Å². The summed E-state index contributed by atoms with van der Waals surface area (Å²) in [5, 5.41) is 26.6. The maximum atomic E-state index is 13.5. The van der Waals surface area contributed by atoms with Gasteiger partial charge >= 0.3 is 6.09 Å². The van der Waals surface area contributed by atoms with Crippen LogP contribution < -0.4 is 5.56 Å². The van der Waals surface area contributed by atoms with Gasteiger partial charge in [0.2, 0.25) is 0 Å². The molecule has 4 atom stereocenters.